The van der Waals surface area contributed by atoms with Crippen LogP contribution in [0.2, 0.25) is 0 Å². The maximum atomic E-state index is 5.71. The smallest absolute Gasteiger partial charge is 0.133 e. The van der Waals surface area contributed by atoms with Crippen LogP contribution in [0.5, 0.6) is 5.75 Å². The molecule has 1 aromatic rings. The molecular formula is C13H19Br2NO. The zero-order valence-corrected chi connectivity index (χ0v) is 13.3. The summed E-state index contributed by atoms with van der Waals surface area (Å²) >= 11 is 6.91. The third kappa shape index (κ3) is 6.43. The minimum atomic E-state index is 0.784. The quantitative estimate of drug-likeness (QED) is 0.691. The summed E-state index contributed by atoms with van der Waals surface area (Å²) < 4.78 is 7.77. The normalized spacial score (nSPS) is 10.5. The molecule has 0 atom stereocenters. The number of hydrogen-bond donors (Lipinski definition) is 1. The molecule has 96 valence electrons. The predicted molar refractivity (Wildman–Crippen MR) is 79.7 cm³/mol. The van der Waals surface area contributed by atoms with Gasteiger partial charge in [-0.1, -0.05) is 22.9 Å². The van der Waals surface area contributed by atoms with Crippen LogP contribution in [0.3, 0.4) is 0 Å². The van der Waals surface area contributed by atoms with Gasteiger partial charge in [-0.05, 0) is 66.5 Å². The van der Waals surface area contributed by atoms with Crippen LogP contribution >= 0.6 is 31.9 Å². The van der Waals surface area contributed by atoms with Crippen LogP contribution in [0, 0.1) is 0 Å². The molecule has 0 aliphatic rings. The number of unbranched alkanes of at least 4 members (excludes halogenated alkanes) is 2. The van der Waals surface area contributed by atoms with Gasteiger partial charge >= 0.3 is 0 Å². The Morgan fingerprint density at radius 3 is 2.71 bits per heavy atom. The van der Waals surface area contributed by atoms with Gasteiger partial charge in [-0.25, -0.2) is 0 Å². The molecule has 1 N–H and O–H groups in total. The Morgan fingerprint density at radius 2 is 2.00 bits per heavy atom. The van der Waals surface area contributed by atoms with Crippen molar-refractivity contribution >= 4 is 31.9 Å². The highest BCUT2D eigenvalue weighted by Gasteiger charge is 2.01. The van der Waals surface area contributed by atoms with Crippen LogP contribution in [-0.2, 0) is 0 Å². The van der Waals surface area contributed by atoms with E-state index < -0.39 is 0 Å². The van der Waals surface area contributed by atoms with Crippen molar-refractivity contribution in [2.45, 2.75) is 26.2 Å². The first-order chi connectivity index (χ1) is 8.24. The molecule has 0 amide bonds. The van der Waals surface area contributed by atoms with Gasteiger partial charge in [0, 0.05) is 4.47 Å². The molecule has 0 saturated carbocycles. The van der Waals surface area contributed by atoms with Crippen LogP contribution in [-0.4, -0.2) is 19.7 Å². The van der Waals surface area contributed by atoms with Crippen molar-refractivity contribution in [3.05, 3.63) is 27.1 Å². The highest BCUT2D eigenvalue weighted by Crippen LogP contribution is 2.28. The summed E-state index contributed by atoms with van der Waals surface area (Å²) in [5, 5.41) is 3.32. The van der Waals surface area contributed by atoms with E-state index in [1.54, 1.807) is 0 Å². The number of rotatable bonds is 8. The molecule has 0 heterocycles. The Hall–Kier alpha value is -0.0600. The second-order valence-electron chi connectivity index (χ2n) is 3.84. The molecule has 2 nitrogen and oxygen atoms in total. The van der Waals surface area contributed by atoms with Gasteiger partial charge in [0.1, 0.15) is 5.75 Å². The molecular weight excluding hydrogens is 346 g/mol. The topological polar surface area (TPSA) is 21.3 Å². The summed E-state index contributed by atoms with van der Waals surface area (Å²) in [6.45, 7) is 5.08. The maximum absolute atomic E-state index is 5.71. The lowest BCUT2D eigenvalue weighted by atomic mass is 10.2. The molecule has 0 aliphatic heterocycles. The standard InChI is InChI=1S/C13H19Br2NO/c1-2-16-8-4-3-5-9-17-13-7-6-11(14)10-12(13)15/h6-7,10,16H,2-5,8-9H2,1H3. The fourth-order valence-electron chi connectivity index (χ4n) is 1.48. The number of nitrogens with one attached hydrogen (secondary N) is 1. The SMILES string of the molecule is CCNCCCCCOc1ccc(Br)cc1Br. The highest BCUT2D eigenvalue weighted by molar-refractivity contribution is 9.11. The van der Waals surface area contributed by atoms with E-state index in [4.69, 9.17) is 4.74 Å². The van der Waals surface area contributed by atoms with E-state index in [-0.39, 0.29) is 0 Å². The molecule has 0 fully saturated rings. The van der Waals surface area contributed by atoms with Gasteiger partial charge < -0.3 is 10.1 Å². The van der Waals surface area contributed by atoms with Crippen molar-refractivity contribution in [3.8, 4) is 5.75 Å². The van der Waals surface area contributed by atoms with Gasteiger partial charge in [-0.15, -0.1) is 0 Å². The summed E-state index contributed by atoms with van der Waals surface area (Å²) in [5.41, 5.74) is 0. The molecule has 1 aromatic carbocycles. The van der Waals surface area contributed by atoms with E-state index in [9.17, 15) is 0 Å². The zero-order valence-electron chi connectivity index (χ0n) is 10.1. The lowest BCUT2D eigenvalue weighted by molar-refractivity contribution is 0.303. The lowest BCUT2D eigenvalue weighted by Crippen LogP contribution is -2.14. The second-order valence-corrected chi connectivity index (χ2v) is 5.61. The van der Waals surface area contributed by atoms with Crippen molar-refractivity contribution in [3.63, 3.8) is 0 Å². The lowest BCUT2D eigenvalue weighted by Gasteiger charge is -2.08. The van der Waals surface area contributed by atoms with E-state index in [1.165, 1.54) is 12.8 Å². The number of ether oxygens (including phenoxy) is 1. The molecule has 0 bridgehead atoms. The van der Waals surface area contributed by atoms with E-state index in [0.717, 1.165) is 40.8 Å². The molecule has 17 heavy (non-hydrogen) atoms. The minimum Gasteiger partial charge on any atom is -0.492 e. The molecule has 0 aromatic heterocycles. The molecule has 4 heteroatoms. The first-order valence-electron chi connectivity index (χ1n) is 6.02. The number of halogens is 2. The second kappa shape index (κ2) is 8.95. The first kappa shape index (κ1) is 15.0. The number of hydrogen-bond acceptors (Lipinski definition) is 2. The van der Waals surface area contributed by atoms with Crippen molar-refractivity contribution in [2.24, 2.45) is 0 Å². The van der Waals surface area contributed by atoms with E-state index >= 15 is 0 Å². The molecule has 1 rings (SSSR count). The predicted octanol–water partition coefficient (Wildman–Crippen LogP) is 4.37. The van der Waals surface area contributed by atoms with Crippen LogP contribution < -0.4 is 10.1 Å². The van der Waals surface area contributed by atoms with Crippen molar-refractivity contribution in [2.75, 3.05) is 19.7 Å². The Bertz CT molecular complexity index is 331. The van der Waals surface area contributed by atoms with Crippen LogP contribution in [0.25, 0.3) is 0 Å². The molecule has 0 saturated heterocycles. The van der Waals surface area contributed by atoms with Crippen molar-refractivity contribution < 1.29 is 4.74 Å². The van der Waals surface area contributed by atoms with Crippen molar-refractivity contribution in [1.29, 1.82) is 0 Å². The largest absolute Gasteiger partial charge is 0.492 e. The summed E-state index contributed by atoms with van der Waals surface area (Å²) in [7, 11) is 0. The summed E-state index contributed by atoms with van der Waals surface area (Å²) in [5.74, 6) is 0.917. The fraction of sp³-hybridized carbons (Fsp3) is 0.538. The van der Waals surface area contributed by atoms with Gasteiger partial charge in [-0.3, -0.25) is 0 Å². The Balaban J connectivity index is 2.14. The van der Waals surface area contributed by atoms with Gasteiger partial charge in [-0.2, -0.15) is 0 Å². The van der Waals surface area contributed by atoms with E-state index in [1.807, 2.05) is 18.2 Å². The van der Waals surface area contributed by atoms with Gasteiger partial charge in [0.05, 0.1) is 11.1 Å². The number of benzene rings is 1. The molecule has 0 aliphatic carbocycles. The molecule has 0 spiro atoms. The van der Waals surface area contributed by atoms with Crippen molar-refractivity contribution in [1.82, 2.24) is 5.32 Å². The van der Waals surface area contributed by atoms with Crippen LogP contribution in [0.1, 0.15) is 26.2 Å². The Kier molecular flexibility index (Phi) is 7.90. The zero-order chi connectivity index (χ0) is 12.5. The average Bonchev–Trinajstić information content (AvgIpc) is 2.30. The minimum absolute atomic E-state index is 0.784. The first-order valence-corrected chi connectivity index (χ1v) is 7.61. The third-order valence-electron chi connectivity index (χ3n) is 2.40. The Morgan fingerprint density at radius 1 is 1.18 bits per heavy atom. The van der Waals surface area contributed by atoms with Gasteiger partial charge in [0.15, 0.2) is 0 Å². The van der Waals surface area contributed by atoms with E-state index in [2.05, 4.69) is 44.1 Å². The fourth-order valence-corrected chi connectivity index (χ4v) is 2.64. The summed E-state index contributed by atoms with van der Waals surface area (Å²) in [4.78, 5) is 0. The van der Waals surface area contributed by atoms with Gasteiger partial charge in [0.25, 0.3) is 0 Å². The molecule has 0 radical (unpaired) electrons. The summed E-state index contributed by atoms with van der Waals surface area (Å²) in [6.07, 6.45) is 3.54. The highest BCUT2D eigenvalue weighted by atomic mass is 79.9. The van der Waals surface area contributed by atoms with Gasteiger partial charge in [0.2, 0.25) is 0 Å². The maximum Gasteiger partial charge on any atom is 0.133 e. The van der Waals surface area contributed by atoms with Crippen LogP contribution in [0.15, 0.2) is 27.1 Å². The summed E-state index contributed by atoms with van der Waals surface area (Å²) in [6, 6.07) is 5.97. The average molecular weight is 365 g/mol. The third-order valence-corrected chi connectivity index (χ3v) is 3.51. The van der Waals surface area contributed by atoms with E-state index in [0.29, 0.717) is 0 Å². The molecule has 0 unspecified atom stereocenters. The van der Waals surface area contributed by atoms with Crippen LogP contribution in [0.4, 0.5) is 0 Å². The Labute approximate surface area is 120 Å². The monoisotopic (exact) mass is 363 g/mol.